The Bertz CT molecular complexity index is 408. The number of hydrogen-bond donors (Lipinski definition) is 2. The molecule has 2 N–H and O–H groups in total. The zero-order chi connectivity index (χ0) is 13.9. The van der Waals surface area contributed by atoms with Crippen molar-refractivity contribution < 1.29 is 0 Å². The Morgan fingerprint density at radius 3 is 1.90 bits per heavy atom. The first-order valence-electron chi connectivity index (χ1n) is 7.44. The molecule has 20 heavy (non-hydrogen) atoms. The van der Waals surface area contributed by atoms with Crippen LogP contribution >= 0.6 is 0 Å². The summed E-state index contributed by atoms with van der Waals surface area (Å²) in [5, 5.41) is 6.93. The van der Waals surface area contributed by atoms with Crippen LogP contribution in [-0.2, 0) is 13.0 Å². The van der Waals surface area contributed by atoms with Crippen LogP contribution in [-0.4, -0.2) is 19.6 Å². The number of nitrogens with one attached hydrogen (secondary N) is 2. The highest BCUT2D eigenvalue weighted by Gasteiger charge is 1.93. The van der Waals surface area contributed by atoms with Crippen molar-refractivity contribution in [3.63, 3.8) is 0 Å². The molecule has 0 heterocycles. The summed E-state index contributed by atoms with van der Waals surface area (Å²) in [5.41, 5.74) is 2.77. The Hall–Kier alpha value is -1.64. The lowest BCUT2D eigenvalue weighted by Gasteiger charge is -2.07. The maximum Gasteiger partial charge on any atom is 0.0206 e. The minimum Gasteiger partial charge on any atom is -0.315 e. The lowest BCUT2D eigenvalue weighted by atomic mass is 10.1. The summed E-state index contributed by atoms with van der Waals surface area (Å²) in [6.45, 7) is 4.08. The average molecular weight is 268 g/mol. The van der Waals surface area contributed by atoms with Crippen molar-refractivity contribution in [2.24, 2.45) is 0 Å². The molecule has 2 heteroatoms. The molecule has 0 saturated heterocycles. The van der Waals surface area contributed by atoms with E-state index in [4.69, 9.17) is 0 Å². The van der Waals surface area contributed by atoms with E-state index in [0.29, 0.717) is 0 Å². The summed E-state index contributed by atoms with van der Waals surface area (Å²) >= 11 is 0. The van der Waals surface area contributed by atoms with Gasteiger partial charge in [-0.05, 0) is 30.5 Å². The average Bonchev–Trinajstić information content (AvgIpc) is 2.52. The van der Waals surface area contributed by atoms with Crippen molar-refractivity contribution in [1.29, 1.82) is 0 Å². The van der Waals surface area contributed by atoms with Crippen LogP contribution in [0.4, 0.5) is 0 Å². The first-order valence-corrected chi connectivity index (χ1v) is 7.44. The molecule has 2 nitrogen and oxygen atoms in total. The minimum absolute atomic E-state index is 0.951. The van der Waals surface area contributed by atoms with Crippen LogP contribution in [0.3, 0.4) is 0 Å². The molecular weight excluding hydrogens is 244 g/mol. The highest BCUT2D eigenvalue weighted by atomic mass is 14.9. The van der Waals surface area contributed by atoms with E-state index < -0.39 is 0 Å². The van der Waals surface area contributed by atoms with Gasteiger partial charge < -0.3 is 10.6 Å². The molecular formula is C18H24N2. The molecule has 0 radical (unpaired) electrons. The number of aryl methyl sites for hydroxylation is 1. The van der Waals surface area contributed by atoms with Gasteiger partial charge in [0.15, 0.2) is 0 Å². The third-order valence-electron chi connectivity index (χ3n) is 3.31. The topological polar surface area (TPSA) is 24.1 Å². The fourth-order valence-corrected chi connectivity index (χ4v) is 2.19. The molecule has 2 rings (SSSR count). The zero-order valence-electron chi connectivity index (χ0n) is 12.0. The van der Waals surface area contributed by atoms with Crippen molar-refractivity contribution >= 4 is 0 Å². The molecule has 0 aliphatic rings. The van der Waals surface area contributed by atoms with E-state index in [9.17, 15) is 0 Å². The van der Waals surface area contributed by atoms with Crippen LogP contribution in [0, 0.1) is 0 Å². The van der Waals surface area contributed by atoms with Gasteiger partial charge in [0.2, 0.25) is 0 Å². The molecule has 0 aliphatic heterocycles. The third kappa shape index (κ3) is 6.00. The Morgan fingerprint density at radius 1 is 0.600 bits per heavy atom. The predicted octanol–water partition coefficient (Wildman–Crippen LogP) is 3.00. The van der Waals surface area contributed by atoms with E-state index in [-0.39, 0.29) is 0 Å². The van der Waals surface area contributed by atoms with Crippen LogP contribution in [0.15, 0.2) is 60.7 Å². The Morgan fingerprint density at radius 2 is 1.20 bits per heavy atom. The minimum atomic E-state index is 0.951. The van der Waals surface area contributed by atoms with E-state index in [0.717, 1.165) is 32.6 Å². The van der Waals surface area contributed by atoms with E-state index in [1.807, 2.05) is 0 Å². The van der Waals surface area contributed by atoms with Crippen LogP contribution in [0.25, 0.3) is 0 Å². The normalized spacial score (nSPS) is 10.6. The molecule has 0 aromatic heterocycles. The van der Waals surface area contributed by atoms with Crippen molar-refractivity contribution in [1.82, 2.24) is 10.6 Å². The monoisotopic (exact) mass is 268 g/mol. The summed E-state index contributed by atoms with van der Waals surface area (Å²) < 4.78 is 0. The van der Waals surface area contributed by atoms with Gasteiger partial charge in [0, 0.05) is 19.6 Å². The van der Waals surface area contributed by atoms with Crippen molar-refractivity contribution in [3.05, 3.63) is 71.8 Å². The van der Waals surface area contributed by atoms with Crippen molar-refractivity contribution in [2.45, 2.75) is 19.4 Å². The molecule has 0 amide bonds. The first-order chi connectivity index (χ1) is 9.95. The summed E-state index contributed by atoms with van der Waals surface area (Å²) in [4.78, 5) is 0. The van der Waals surface area contributed by atoms with Crippen molar-refractivity contribution in [2.75, 3.05) is 19.6 Å². The zero-order valence-corrected chi connectivity index (χ0v) is 12.0. The highest BCUT2D eigenvalue weighted by molar-refractivity contribution is 5.15. The molecule has 0 aliphatic carbocycles. The molecule has 0 saturated carbocycles. The van der Waals surface area contributed by atoms with Gasteiger partial charge in [-0.1, -0.05) is 60.7 Å². The Kier molecular flexibility index (Phi) is 6.86. The summed E-state index contributed by atoms with van der Waals surface area (Å²) in [5.74, 6) is 0. The van der Waals surface area contributed by atoms with Gasteiger partial charge in [0.1, 0.15) is 0 Å². The second-order valence-corrected chi connectivity index (χ2v) is 5.00. The SMILES string of the molecule is c1ccc(CCCNCCNCc2ccccc2)cc1. The highest BCUT2D eigenvalue weighted by Crippen LogP contribution is 2.01. The lowest BCUT2D eigenvalue weighted by molar-refractivity contribution is 0.596. The van der Waals surface area contributed by atoms with E-state index in [1.54, 1.807) is 0 Å². The lowest BCUT2D eigenvalue weighted by Crippen LogP contribution is -2.27. The Balaban J connectivity index is 1.44. The fourth-order valence-electron chi connectivity index (χ4n) is 2.19. The van der Waals surface area contributed by atoms with Crippen LogP contribution in [0.5, 0.6) is 0 Å². The Labute approximate surface area is 122 Å². The third-order valence-corrected chi connectivity index (χ3v) is 3.31. The van der Waals surface area contributed by atoms with Gasteiger partial charge in [0.05, 0.1) is 0 Å². The quantitative estimate of drug-likeness (QED) is 0.683. The molecule has 2 aromatic rings. The fraction of sp³-hybridized carbons (Fsp3) is 0.333. The maximum absolute atomic E-state index is 3.48. The van der Waals surface area contributed by atoms with Crippen molar-refractivity contribution in [3.8, 4) is 0 Å². The smallest absolute Gasteiger partial charge is 0.0206 e. The summed E-state index contributed by atoms with van der Waals surface area (Å²) in [6.07, 6.45) is 2.36. The van der Waals surface area contributed by atoms with Crippen LogP contribution < -0.4 is 10.6 Å². The second-order valence-electron chi connectivity index (χ2n) is 5.00. The number of rotatable bonds is 9. The number of benzene rings is 2. The molecule has 106 valence electrons. The van der Waals surface area contributed by atoms with Gasteiger partial charge in [-0.15, -0.1) is 0 Å². The maximum atomic E-state index is 3.48. The second kappa shape index (κ2) is 9.29. The van der Waals surface area contributed by atoms with Gasteiger partial charge in [-0.2, -0.15) is 0 Å². The largest absolute Gasteiger partial charge is 0.315 e. The van der Waals surface area contributed by atoms with Gasteiger partial charge in [-0.25, -0.2) is 0 Å². The molecule has 0 bridgehead atoms. The van der Waals surface area contributed by atoms with E-state index >= 15 is 0 Å². The first kappa shape index (κ1) is 14.8. The summed E-state index contributed by atoms with van der Waals surface area (Å²) in [7, 11) is 0. The number of hydrogen-bond acceptors (Lipinski definition) is 2. The molecule has 2 aromatic carbocycles. The van der Waals surface area contributed by atoms with Crippen LogP contribution in [0.1, 0.15) is 17.5 Å². The van der Waals surface area contributed by atoms with E-state index in [1.165, 1.54) is 17.5 Å². The van der Waals surface area contributed by atoms with E-state index in [2.05, 4.69) is 71.3 Å². The van der Waals surface area contributed by atoms with Gasteiger partial charge in [0.25, 0.3) is 0 Å². The van der Waals surface area contributed by atoms with Gasteiger partial charge in [-0.3, -0.25) is 0 Å². The van der Waals surface area contributed by atoms with Gasteiger partial charge >= 0.3 is 0 Å². The van der Waals surface area contributed by atoms with Crippen LogP contribution in [0.2, 0.25) is 0 Å². The molecule has 0 unspecified atom stereocenters. The summed E-state index contributed by atoms with van der Waals surface area (Å²) in [6, 6.07) is 21.2. The predicted molar refractivity (Wildman–Crippen MR) is 85.8 cm³/mol. The standard InChI is InChI=1S/C18H24N2/c1-3-8-17(9-4-1)12-7-13-19-14-15-20-16-18-10-5-2-6-11-18/h1-6,8-11,19-20H,7,12-16H2. The molecule has 0 atom stereocenters. The molecule has 0 spiro atoms. The molecule has 0 fully saturated rings.